The Hall–Kier alpha value is -5.34. The number of aliphatic hydroxyl groups excluding tert-OH is 1. The summed E-state index contributed by atoms with van der Waals surface area (Å²) in [5.41, 5.74) is 2.60. The summed E-state index contributed by atoms with van der Waals surface area (Å²) in [6, 6.07) is 21.3. The van der Waals surface area contributed by atoms with Crippen LogP contribution in [0.5, 0.6) is 0 Å². The number of urea groups is 1. The number of carboxylic acid groups (broad SMARTS) is 1. The van der Waals surface area contributed by atoms with Crippen LogP contribution in [-0.2, 0) is 29.0 Å². The number of rotatable bonds is 18. The minimum atomic E-state index is -1.23. The van der Waals surface area contributed by atoms with Gasteiger partial charge < -0.3 is 30.6 Å². The van der Waals surface area contributed by atoms with E-state index in [2.05, 4.69) is 15.6 Å². The summed E-state index contributed by atoms with van der Waals surface area (Å²) in [5.74, 6) is -1.04. The molecule has 1 aliphatic heterocycles. The summed E-state index contributed by atoms with van der Waals surface area (Å²) in [4.78, 5) is 67.9. The number of carbonyl (C=O) groups is 4. The molecule has 0 saturated carbocycles. The number of hydrogen-bond donors (Lipinski definition) is 4. The normalized spacial score (nSPS) is 16.2. The van der Waals surface area contributed by atoms with Gasteiger partial charge in [0, 0.05) is 37.8 Å². The first-order valence-electron chi connectivity index (χ1n) is 19.9. The molecule has 1 aliphatic rings. The largest absolute Gasteiger partial charge is 0.465 e. The molecule has 1 saturated heterocycles. The van der Waals surface area contributed by atoms with E-state index in [1.807, 2.05) is 98.1 Å². The molecule has 0 radical (unpaired) electrons. The second-order valence-corrected chi connectivity index (χ2v) is 17.1. The van der Waals surface area contributed by atoms with Crippen LogP contribution in [0.4, 0.5) is 9.59 Å². The number of nitrogens with zero attached hydrogens (tertiary/aromatic N) is 5. The van der Waals surface area contributed by atoms with E-state index >= 15 is 0 Å². The minimum absolute atomic E-state index is 0.0601. The number of carbonyl (C=O) groups excluding carboxylic acids is 3. The molecule has 5 amide bonds. The monoisotopic (exact) mass is 811 g/mol. The van der Waals surface area contributed by atoms with Crippen molar-refractivity contribution in [3.05, 3.63) is 107 Å². The minimum Gasteiger partial charge on any atom is -0.465 e. The molecule has 58 heavy (non-hydrogen) atoms. The zero-order valence-corrected chi connectivity index (χ0v) is 35.1. The maximum Gasteiger partial charge on any atom is 0.407 e. The van der Waals surface area contributed by atoms with E-state index in [1.54, 1.807) is 36.8 Å². The average molecular weight is 812 g/mol. The van der Waals surface area contributed by atoms with Crippen molar-refractivity contribution < 1.29 is 29.4 Å². The Balaban J connectivity index is 1.37. The number of nitrogens with one attached hydrogen (secondary N) is 2. The molecule has 13 nitrogen and oxygen atoms in total. The Morgan fingerprint density at radius 2 is 1.55 bits per heavy atom. The third-order valence-electron chi connectivity index (χ3n) is 10.7. The van der Waals surface area contributed by atoms with Crippen LogP contribution in [0.25, 0.3) is 10.7 Å². The third-order valence-corrected chi connectivity index (χ3v) is 11.7. The molecule has 4 aromatic rings. The van der Waals surface area contributed by atoms with Gasteiger partial charge in [-0.25, -0.2) is 14.6 Å². The lowest BCUT2D eigenvalue weighted by molar-refractivity contribution is -0.130. The maximum absolute atomic E-state index is 14.5. The number of hydrogen-bond acceptors (Lipinski definition) is 8. The summed E-state index contributed by atoms with van der Waals surface area (Å²) < 4.78 is 0. The topological polar surface area (TPSA) is 168 Å². The van der Waals surface area contributed by atoms with E-state index in [0.29, 0.717) is 38.9 Å². The highest BCUT2D eigenvalue weighted by Gasteiger charge is 2.42. The smallest absolute Gasteiger partial charge is 0.407 e. The fourth-order valence-corrected chi connectivity index (χ4v) is 8.41. The number of aromatic nitrogens is 2. The van der Waals surface area contributed by atoms with Crippen LogP contribution < -0.4 is 10.6 Å². The molecular weight excluding hydrogens is 755 g/mol. The van der Waals surface area contributed by atoms with Gasteiger partial charge in [-0.15, -0.1) is 11.3 Å². The molecule has 2 aromatic heterocycles. The van der Waals surface area contributed by atoms with Gasteiger partial charge in [-0.1, -0.05) is 108 Å². The number of likely N-dealkylation sites (N-methyl/N-ethyl adjacent to an activating group) is 1. The molecule has 4 N–H and O–H groups in total. The highest BCUT2D eigenvalue weighted by Crippen LogP contribution is 2.27. The molecule has 0 spiro atoms. The zero-order chi connectivity index (χ0) is 42.0. The van der Waals surface area contributed by atoms with Gasteiger partial charge in [-0.3, -0.25) is 19.5 Å². The second kappa shape index (κ2) is 19.9. The van der Waals surface area contributed by atoms with Gasteiger partial charge in [0.2, 0.25) is 11.8 Å². The standard InChI is InChI=1S/C44H57N7O6S/c1-7-29(2)37(51-23-22-50(42(51)55)27-33-28-58-41(47-33)34-20-14-15-21-45-34)39(53)48-35(25-31-18-12-9-13-19-31)36(52)26-32(24-30-16-10-8-11-17-30)46-40(54)38(44(3,4)5)49(6)43(56)57/h8-21,28-29,32,35-38,52H,7,22-27H2,1-6H3,(H,46,54)(H,48,53)(H,56,57)/t29?,32-,35-,36-,37-,38+/m0/s1. The summed E-state index contributed by atoms with van der Waals surface area (Å²) in [6.07, 6.45) is 0.706. The lowest BCUT2D eigenvalue weighted by Gasteiger charge is -2.37. The Bertz CT molecular complexity index is 1960. The van der Waals surface area contributed by atoms with Crippen molar-refractivity contribution in [2.24, 2.45) is 11.3 Å². The fraction of sp³-hybridized carbons (Fsp3) is 0.455. The van der Waals surface area contributed by atoms with Crippen LogP contribution in [0.3, 0.4) is 0 Å². The Morgan fingerprint density at radius 3 is 2.14 bits per heavy atom. The fourth-order valence-electron chi connectivity index (χ4n) is 7.63. The quantitative estimate of drug-likeness (QED) is 0.0937. The highest BCUT2D eigenvalue weighted by molar-refractivity contribution is 7.13. The predicted molar refractivity (Wildman–Crippen MR) is 225 cm³/mol. The molecule has 1 fully saturated rings. The number of pyridine rings is 1. The Kier molecular flexibility index (Phi) is 15.0. The first-order chi connectivity index (χ1) is 27.7. The van der Waals surface area contributed by atoms with E-state index < -0.39 is 47.7 Å². The van der Waals surface area contributed by atoms with Gasteiger partial charge in [0.25, 0.3) is 0 Å². The van der Waals surface area contributed by atoms with E-state index in [1.165, 1.54) is 18.4 Å². The third kappa shape index (κ3) is 11.4. The number of aliphatic hydroxyl groups is 1. The van der Waals surface area contributed by atoms with Crippen LogP contribution in [0.1, 0.15) is 64.3 Å². The van der Waals surface area contributed by atoms with Crippen molar-refractivity contribution >= 4 is 35.3 Å². The van der Waals surface area contributed by atoms with Gasteiger partial charge in [-0.05, 0) is 53.9 Å². The highest BCUT2D eigenvalue weighted by atomic mass is 32.1. The van der Waals surface area contributed by atoms with Crippen molar-refractivity contribution in [2.75, 3.05) is 20.1 Å². The second-order valence-electron chi connectivity index (χ2n) is 16.3. The molecule has 0 bridgehead atoms. The van der Waals surface area contributed by atoms with Crippen LogP contribution in [0, 0.1) is 11.3 Å². The van der Waals surface area contributed by atoms with E-state index in [4.69, 9.17) is 4.98 Å². The maximum atomic E-state index is 14.5. The molecule has 6 atom stereocenters. The van der Waals surface area contributed by atoms with Gasteiger partial charge in [0.1, 0.15) is 17.1 Å². The average Bonchev–Trinajstić information content (AvgIpc) is 3.81. The van der Waals surface area contributed by atoms with E-state index in [0.717, 1.165) is 32.4 Å². The van der Waals surface area contributed by atoms with Gasteiger partial charge in [0.15, 0.2) is 0 Å². The summed E-state index contributed by atoms with van der Waals surface area (Å²) >= 11 is 1.47. The van der Waals surface area contributed by atoms with Gasteiger partial charge in [-0.2, -0.15) is 0 Å². The lowest BCUT2D eigenvalue weighted by atomic mass is 9.84. The zero-order valence-electron chi connectivity index (χ0n) is 34.2. The van der Waals surface area contributed by atoms with Crippen LogP contribution in [-0.4, -0.2) is 109 Å². The summed E-state index contributed by atoms with van der Waals surface area (Å²) in [5, 5.41) is 30.8. The number of benzene rings is 2. The predicted octanol–water partition coefficient (Wildman–Crippen LogP) is 6.09. The molecule has 0 aliphatic carbocycles. The Morgan fingerprint density at radius 1 is 0.914 bits per heavy atom. The molecule has 3 heterocycles. The van der Waals surface area contributed by atoms with Crippen LogP contribution in [0.2, 0.25) is 0 Å². The molecule has 5 rings (SSSR count). The summed E-state index contributed by atoms with van der Waals surface area (Å²) in [7, 11) is 1.38. The number of thiazole rings is 1. The van der Waals surface area contributed by atoms with E-state index in [9.17, 15) is 29.4 Å². The first-order valence-corrected chi connectivity index (χ1v) is 20.8. The van der Waals surface area contributed by atoms with Crippen molar-refractivity contribution in [2.45, 2.75) is 97.1 Å². The first kappa shape index (κ1) is 43.8. The van der Waals surface area contributed by atoms with Crippen molar-refractivity contribution in [1.82, 2.24) is 35.3 Å². The Labute approximate surface area is 345 Å². The van der Waals surface area contributed by atoms with Gasteiger partial charge >= 0.3 is 12.1 Å². The number of amides is 5. The summed E-state index contributed by atoms with van der Waals surface area (Å²) in [6.45, 7) is 10.4. The molecule has 2 aromatic carbocycles. The van der Waals surface area contributed by atoms with Crippen LogP contribution >= 0.6 is 11.3 Å². The van der Waals surface area contributed by atoms with Gasteiger partial charge in [0.05, 0.1) is 30.1 Å². The SMILES string of the molecule is CCC(C)[C@@H](C(=O)N[C@@H](Cc1ccccc1)[C@@H](O)C[C@H](Cc1ccccc1)NC(=O)[C@@H](N(C)C(=O)O)C(C)(C)C)N1CCN(Cc2csc(-c3ccccn3)n2)C1=O. The van der Waals surface area contributed by atoms with Crippen molar-refractivity contribution in [3.63, 3.8) is 0 Å². The molecule has 1 unspecified atom stereocenters. The van der Waals surface area contributed by atoms with Crippen LogP contribution in [0.15, 0.2) is 90.4 Å². The lowest BCUT2D eigenvalue weighted by Crippen LogP contribution is -2.58. The molecular formula is C44H57N7O6S. The van der Waals surface area contributed by atoms with E-state index in [-0.39, 0.29) is 24.3 Å². The molecule has 310 valence electrons. The van der Waals surface area contributed by atoms with Crippen molar-refractivity contribution in [1.29, 1.82) is 0 Å². The molecule has 14 heteroatoms. The van der Waals surface area contributed by atoms with Crippen molar-refractivity contribution in [3.8, 4) is 10.7 Å².